The maximum Gasteiger partial charge on any atom is 0.251 e. The standard InChI is InChI=1S/C21H25ClN4O5/c1-29-16-10-14(11-17(30-2)20(16)31-3)21(28)24-13-19(27)26-8-6-25(7-9-26)18-5-4-15(22)12-23-18/h4-5,10-12H,6-9,13H2,1-3H3,(H,24,28). The highest BCUT2D eigenvalue weighted by Crippen LogP contribution is 2.38. The third-order valence-corrected chi connectivity index (χ3v) is 5.22. The lowest BCUT2D eigenvalue weighted by atomic mass is 10.1. The Morgan fingerprint density at radius 3 is 2.19 bits per heavy atom. The fourth-order valence-corrected chi connectivity index (χ4v) is 3.43. The summed E-state index contributed by atoms with van der Waals surface area (Å²) in [5.41, 5.74) is 0.306. The van der Waals surface area contributed by atoms with Crippen LogP contribution >= 0.6 is 11.6 Å². The molecule has 0 spiro atoms. The number of amides is 2. The van der Waals surface area contributed by atoms with Gasteiger partial charge in [0.05, 0.1) is 32.9 Å². The number of pyridine rings is 1. The van der Waals surface area contributed by atoms with E-state index in [1.165, 1.54) is 21.3 Å². The van der Waals surface area contributed by atoms with Gasteiger partial charge in [0.25, 0.3) is 5.91 Å². The number of piperazine rings is 1. The van der Waals surface area contributed by atoms with Gasteiger partial charge in [0, 0.05) is 37.9 Å². The van der Waals surface area contributed by atoms with E-state index in [1.807, 2.05) is 6.07 Å². The maximum absolute atomic E-state index is 12.6. The fraction of sp³-hybridized carbons (Fsp3) is 0.381. The van der Waals surface area contributed by atoms with Gasteiger partial charge in [-0.15, -0.1) is 0 Å². The highest BCUT2D eigenvalue weighted by molar-refractivity contribution is 6.30. The van der Waals surface area contributed by atoms with Crippen LogP contribution in [0.3, 0.4) is 0 Å². The molecule has 1 aromatic carbocycles. The minimum Gasteiger partial charge on any atom is -0.493 e. The van der Waals surface area contributed by atoms with Gasteiger partial charge in [-0.25, -0.2) is 4.98 Å². The minimum absolute atomic E-state index is 0.102. The summed E-state index contributed by atoms with van der Waals surface area (Å²) in [5.74, 6) is 1.40. The number of rotatable bonds is 7. The lowest BCUT2D eigenvalue weighted by Gasteiger charge is -2.35. The summed E-state index contributed by atoms with van der Waals surface area (Å²) in [5, 5.41) is 3.25. The van der Waals surface area contributed by atoms with E-state index in [0.29, 0.717) is 54.0 Å². The smallest absolute Gasteiger partial charge is 0.251 e. The minimum atomic E-state index is -0.406. The second kappa shape index (κ2) is 10.2. The molecule has 31 heavy (non-hydrogen) atoms. The molecule has 166 valence electrons. The van der Waals surface area contributed by atoms with Crippen molar-refractivity contribution in [1.29, 1.82) is 0 Å². The molecule has 2 heterocycles. The lowest BCUT2D eigenvalue weighted by Crippen LogP contribution is -2.51. The number of hydrogen-bond donors (Lipinski definition) is 1. The summed E-state index contributed by atoms with van der Waals surface area (Å²) in [6, 6.07) is 6.73. The highest BCUT2D eigenvalue weighted by atomic mass is 35.5. The predicted octanol–water partition coefficient (Wildman–Crippen LogP) is 1.84. The van der Waals surface area contributed by atoms with Crippen LogP contribution in [-0.4, -0.2) is 75.8 Å². The van der Waals surface area contributed by atoms with Gasteiger partial charge >= 0.3 is 0 Å². The van der Waals surface area contributed by atoms with Crippen molar-refractivity contribution in [3.05, 3.63) is 41.0 Å². The van der Waals surface area contributed by atoms with Crippen molar-refractivity contribution < 1.29 is 23.8 Å². The zero-order valence-electron chi connectivity index (χ0n) is 17.7. The van der Waals surface area contributed by atoms with Crippen LogP contribution in [0, 0.1) is 0 Å². The zero-order chi connectivity index (χ0) is 22.4. The molecule has 2 aromatic rings. The normalized spacial score (nSPS) is 13.5. The maximum atomic E-state index is 12.6. The molecule has 1 aromatic heterocycles. The highest BCUT2D eigenvalue weighted by Gasteiger charge is 2.23. The van der Waals surface area contributed by atoms with Crippen molar-refractivity contribution in [3.8, 4) is 17.2 Å². The third kappa shape index (κ3) is 5.29. The van der Waals surface area contributed by atoms with Gasteiger partial charge in [-0.1, -0.05) is 11.6 Å². The summed E-state index contributed by atoms with van der Waals surface area (Å²) in [7, 11) is 4.44. The molecule has 9 nitrogen and oxygen atoms in total. The van der Waals surface area contributed by atoms with Crippen molar-refractivity contribution in [2.45, 2.75) is 0 Å². The summed E-state index contributed by atoms with van der Waals surface area (Å²) >= 11 is 5.88. The molecule has 10 heteroatoms. The van der Waals surface area contributed by atoms with E-state index in [4.69, 9.17) is 25.8 Å². The molecule has 3 rings (SSSR count). The Morgan fingerprint density at radius 2 is 1.68 bits per heavy atom. The number of carbonyl (C=O) groups excluding carboxylic acids is 2. The zero-order valence-corrected chi connectivity index (χ0v) is 18.4. The molecule has 0 aliphatic carbocycles. The number of benzene rings is 1. The number of ether oxygens (including phenoxy) is 3. The summed E-state index contributed by atoms with van der Waals surface area (Å²) in [6.45, 7) is 2.30. The van der Waals surface area contributed by atoms with E-state index in [0.717, 1.165) is 5.82 Å². The largest absolute Gasteiger partial charge is 0.493 e. The quantitative estimate of drug-likeness (QED) is 0.690. The first-order chi connectivity index (χ1) is 15.0. The monoisotopic (exact) mass is 448 g/mol. The van der Waals surface area contributed by atoms with Gasteiger partial charge in [0.1, 0.15) is 5.82 Å². The number of nitrogens with zero attached hydrogens (tertiary/aromatic N) is 3. The Labute approximate surface area is 185 Å². The van der Waals surface area contributed by atoms with Crippen LogP contribution in [0.1, 0.15) is 10.4 Å². The van der Waals surface area contributed by atoms with Gasteiger partial charge < -0.3 is 29.3 Å². The number of hydrogen-bond acceptors (Lipinski definition) is 7. The number of carbonyl (C=O) groups is 2. The molecule has 1 N–H and O–H groups in total. The summed E-state index contributed by atoms with van der Waals surface area (Å²) < 4.78 is 15.8. The van der Waals surface area contributed by atoms with Crippen molar-refractivity contribution in [1.82, 2.24) is 15.2 Å². The number of aromatic nitrogens is 1. The van der Waals surface area contributed by atoms with Crippen LogP contribution in [0.25, 0.3) is 0 Å². The molecule has 1 fully saturated rings. The molecule has 0 bridgehead atoms. The van der Waals surface area contributed by atoms with Gasteiger partial charge in [0.2, 0.25) is 11.7 Å². The van der Waals surface area contributed by atoms with E-state index in [1.54, 1.807) is 29.3 Å². The van der Waals surface area contributed by atoms with Crippen molar-refractivity contribution in [2.24, 2.45) is 0 Å². The Bertz CT molecular complexity index is 905. The second-order valence-electron chi connectivity index (χ2n) is 6.80. The van der Waals surface area contributed by atoms with Crippen LogP contribution < -0.4 is 24.4 Å². The van der Waals surface area contributed by atoms with Crippen molar-refractivity contribution in [3.63, 3.8) is 0 Å². The van der Waals surface area contributed by atoms with E-state index in [9.17, 15) is 9.59 Å². The Morgan fingerprint density at radius 1 is 1.03 bits per heavy atom. The molecule has 1 aliphatic rings. The fourth-order valence-electron chi connectivity index (χ4n) is 3.32. The molecule has 2 amide bonds. The molecule has 1 saturated heterocycles. The van der Waals surface area contributed by atoms with Crippen LogP contribution in [0.2, 0.25) is 5.02 Å². The first-order valence-corrected chi connectivity index (χ1v) is 10.1. The molecule has 0 saturated carbocycles. The SMILES string of the molecule is COc1cc(C(=O)NCC(=O)N2CCN(c3ccc(Cl)cn3)CC2)cc(OC)c1OC. The van der Waals surface area contributed by atoms with Crippen molar-refractivity contribution >= 4 is 29.2 Å². The third-order valence-electron chi connectivity index (χ3n) is 5.00. The average Bonchev–Trinajstić information content (AvgIpc) is 2.81. The molecule has 0 unspecified atom stereocenters. The molecule has 1 aliphatic heterocycles. The first-order valence-electron chi connectivity index (χ1n) is 9.69. The van der Waals surface area contributed by atoms with Crippen LogP contribution in [0.15, 0.2) is 30.5 Å². The van der Waals surface area contributed by atoms with E-state index in [2.05, 4.69) is 15.2 Å². The van der Waals surface area contributed by atoms with Gasteiger partial charge in [-0.3, -0.25) is 9.59 Å². The molecule has 0 radical (unpaired) electrons. The average molecular weight is 449 g/mol. The van der Waals surface area contributed by atoms with Gasteiger partial charge in [-0.2, -0.15) is 0 Å². The molecular weight excluding hydrogens is 424 g/mol. The van der Waals surface area contributed by atoms with E-state index < -0.39 is 5.91 Å². The lowest BCUT2D eigenvalue weighted by molar-refractivity contribution is -0.130. The topological polar surface area (TPSA) is 93.2 Å². The van der Waals surface area contributed by atoms with Crippen LogP contribution in [-0.2, 0) is 4.79 Å². The number of anilines is 1. The van der Waals surface area contributed by atoms with Crippen molar-refractivity contribution in [2.75, 3.05) is 59.0 Å². The van der Waals surface area contributed by atoms with Gasteiger partial charge in [-0.05, 0) is 24.3 Å². The predicted molar refractivity (Wildman–Crippen MR) is 116 cm³/mol. The number of halogens is 1. The number of nitrogens with one attached hydrogen (secondary N) is 1. The Hall–Kier alpha value is -3.20. The molecular formula is C21H25ClN4O5. The summed E-state index contributed by atoms with van der Waals surface area (Å²) in [4.78, 5) is 33.3. The Kier molecular flexibility index (Phi) is 7.41. The number of methoxy groups -OCH3 is 3. The van der Waals surface area contributed by atoms with Crippen LogP contribution in [0.5, 0.6) is 17.2 Å². The summed E-state index contributed by atoms with van der Waals surface area (Å²) in [6.07, 6.45) is 1.60. The second-order valence-corrected chi connectivity index (χ2v) is 7.24. The van der Waals surface area contributed by atoms with E-state index in [-0.39, 0.29) is 12.5 Å². The molecule has 0 atom stereocenters. The Balaban J connectivity index is 1.55. The first kappa shape index (κ1) is 22.5. The van der Waals surface area contributed by atoms with Gasteiger partial charge in [0.15, 0.2) is 11.5 Å². The van der Waals surface area contributed by atoms with E-state index >= 15 is 0 Å². The van der Waals surface area contributed by atoms with Crippen LogP contribution in [0.4, 0.5) is 5.82 Å².